The van der Waals surface area contributed by atoms with Gasteiger partial charge < -0.3 is 14.2 Å². The first kappa shape index (κ1) is 19.8. The Labute approximate surface area is 173 Å². The largest absolute Gasteiger partial charge is 0.467 e. The normalized spacial score (nSPS) is 17.9. The molecule has 0 saturated carbocycles. The molecule has 2 aromatic rings. The van der Waals surface area contributed by atoms with Crippen molar-refractivity contribution in [2.24, 2.45) is 0 Å². The van der Waals surface area contributed by atoms with Crippen molar-refractivity contribution in [2.75, 3.05) is 32.7 Å². The number of hydrogen-bond donors (Lipinski definition) is 0. The molecule has 2 amide bonds. The average Bonchev–Trinajstić information content (AvgIpc) is 3.36. The number of nitrogens with zero attached hydrogens (tertiary/aromatic N) is 4. The maximum atomic E-state index is 13.3. The molecule has 2 aliphatic heterocycles. The van der Waals surface area contributed by atoms with Crippen LogP contribution in [0.25, 0.3) is 5.57 Å². The Bertz CT molecular complexity index is 989. The molecule has 0 bridgehead atoms. The number of nitro benzene ring substituents is 1. The number of nitro groups is 1. The Kier molecular flexibility index (Phi) is 5.37. The summed E-state index contributed by atoms with van der Waals surface area (Å²) in [6.07, 6.45) is 1.50. The molecule has 1 aromatic heterocycles. The lowest BCUT2D eigenvalue weighted by atomic mass is 10.0. The number of piperazine rings is 1. The zero-order chi connectivity index (χ0) is 21.3. The van der Waals surface area contributed by atoms with Gasteiger partial charge in [-0.05, 0) is 36.4 Å². The maximum Gasteiger partial charge on any atom is 0.278 e. The van der Waals surface area contributed by atoms with Crippen molar-refractivity contribution in [1.82, 2.24) is 14.7 Å². The van der Waals surface area contributed by atoms with E-state index < -0.39 is 10.8 Å². The fourth-order valence-corrected chi connectivity index (χ4v) is 3.86. The smallest absolute Gasteiger partial charge is 0.278 e. The van der Waals surface area contributed by atoms with Gasteiger partial charge in [-0.15, -0.1) is 0 Å². The average molecular weight is 410 g/mol. The van der Waals surface area contributed by atoms with Gasteiger partial charge in [0.25, 0.3) is 17.5 Å². The fourth-order valence-electron chi connectivity index (χ4n) is 3.86. The van der Waals surface area contributed by atoms with Gasteiger partial charge >= 0.3 is 0 Å². The lowest BCUT2D eigenvalue weighted by Crippen LogP contribution is -2.47. The lowest BCUT2D eigenvalue weighted by molar-refractivity contribution is -0.384. The first-order chi connectivity index (χ1) is 14.5. The van der Waals surface area contributed by atoms with Gasteiger partial charge in [-0.1, -0.05) is 6.92 Å². The minimum absolute atomic E-state index is 0.0412. The SMILES string of the molecule is CCN1CCN(C2=C(c3ccc([N+](=O)[O-])cc3)C(=O)N(Cc3ccco3)C2=O)CC1. The topological polar surface area (TPSA) is 100 Å². The van der Waals surface area contributed by atoms with Crippen LogP contribution in [0.15, 0.2) is 52.8 Å². The summed E-state index contributed by atoms with van der Waals surface area (Å²) in [7, 11) is 0. The summed E-state index contributed by atoms with van der Waals surface area (Å²) < 4.78 is 5.32. The third kappa shape index (κ3) is 3.59. The number of benzene rings is 1. The molecule has 156 valence electrons. The van der Waals surface area contributed by atoms with E-state index in [4.69, 9.17) is 4.42 Å². The minimum Gasteiger partial charge on any atom is -0.467 e. The van der Waals surface area contributed by atoms with E-state index in [2.05, 4.69) is 11.8 Å². The number of likely N-dealkylation sites (N-methyl/N-ethyl adjacent to an activating group) is 1. The highest BCUT2D eigenvalue weighted by Gasteiger charge is 2.42. The predicted molar refractivity (Wildman–Crippen MR) is 108 cm³/mol. The Morgan fingerprint density at radius 2 is 1.73 bits per heavy atom. The van der Waals surface area contributed by atoms with Gasteiger partial charge in [-0.2, -0.15) is 0 Å². The molecule has 1 aromatic carbocycles. The summed E-state index contributed by atoms with van der Waals surface area (Å²) in [5.74, 6) is -0.273. The molecule has 0 spiro atoms. The summed E-state index contributed by atoms with van der Waals surface area (Å²) in [5, 5.41) is 11.0. The quantitative estimate of drug-likeness (QED) is 0.408. The van der Waals surface area contributed by atoms with E-state index in [1.165, 1.54) is 35.4 Å². The zero-order valence-corrected chi connectivity index (χ0v) is 16.6. The van der Waals surface area contributed by atoms with Crippen LogP contribution >= 0.6 is 0 Å². The van der Waals surface area contributed by atoms with Crippen molar-refractivity contribution in [2.45, 2.75) is 13.5 Å². The second-order valence-corrected chi connectivity index (χ2v) is 7.22. The van der Waals surface area contributed by atoms with Gasteiger partial charge in [0.1, 0.15) is 11.5 Å². The van der Waals surface area contributed by atoms with Gasteiger partial charge in [0.2, 0.25) is 0 Å². The van der Waals surface area contributed by atoms with Crippen molar-refractivity contribution in [3.63, 3.8) is 0 Å². The van der Waals surface area contributed by atoms with Crippen LogP contribution in [-0.2, 0) is 16.1 Å². The molecule has 1 fully saturated rings. The second kappa shape index (κ2) is 8.11. The number of rotatable bonds is 6. The van der Waals surface area contributed by atoms with E-state index in [1.807, 2.05) is 4.90 Å². The van der Waals surface area contributed by atoms with E-state index >= 15 is 0 Å². The summed E-state index contributed by atoms with van der Waals surface area (Å²) in [5.41, 5.74) is 1.07. The lowest BCUT2D eigenvalue weighted by Gasteiger charge is -2.35. The van der Waals surface area contributed by atoms with Crippen LogP contribution in [0.3, 0.4) is 0 Å². The number of furan rings is 1. The van der Waals surface area contributed by atoms with Crippen LogP contribution in [-0.4, -0.2) is 64.2 Å². The van der Waals surface area contributed by atoms with Crippen LogP contribution in [0, 0.1) is 10.1 Å². The summed E-state index contributed by atoms with van der Waals surface area (Å²) in [4.78, 5) is 42.5. The van der Waals surface area contributed by atoms with Crippen molar-refractivity contribution in [1.29, 1.82) is 0 Å². The van der Waals surface area contributed by atoms with E-state index in [-0.39, 0.29) is 23.7 Å². The molecule has 0 radical (unpaired) electrons. The van der Waals surface area contributed by atoms with E-state index in [1.54, 1.807) is 12.1 Å². The summed E-state index contributed by atoms with van der Waals surface area (Å²) in [6.45, 7) is 5.92. The van der Waals surface area contributed by atoms with Gasteiger partial charge in [0.15, 0.2) is 0 Å². The molecule has 1 saturated heterocycles. The Hall–Kier alpha value is -3.46. The molecule has 0 aliphatic carbocycles. The van der Waals surface area contributed by atoms with Crippen LogP contribution in [0.1, 0.15) is 18.2 Å². The monoisotopic (exact) mass is 410 g/mol. The Balaban J connectivity index is 1.71. The second-order valence-electron chi connectivity index (χ2n) is 7.22. The molecule has 30 heavy (non-hydrogen) atoms. The van der Waals surface area contributed by atoms with Crippen LogP contribution < -0.4 is 0 Å². The predicted octanol–water partition coefficient (Wildman–Crippen LogP) is 2.11. The van der Waals surface area contributed by atoms with E-state index in [0.29, 0.717) is 30.1 Å². The number of carbonyl (C=O) groups excluding carboxylic acids is 2. The first-order valence-corrected chi connectivity index (χ1v) is 9.84. The molecule has 0 unspecified atom stereocenters. The van der Waals surface area contributed by atoms with Crippen molar-refractivity contribution in [3.05, 3.63) is 69.8 Å². The zero-order valence-electron chi connectivity index (χ0n) is 16.6. The number of carbonyl (C=O) groups is 2. The van der Waals surface area contributed by atoms with Crippen LogP contribution in [0.4, 0.5) is 5.69 Å². The minimum atomic E-state index is -0.492. The van der Waals surface area contributed by atoms with Crippen molar-refractivity contribution >= 4 is 23.1 Å². The maximum absolute atomic E-state index is 13.3. The molecular formula is C21H22N4O5. The van der Waals surface area contributed by atoms with Crippen molar-refractivity contribution in [3.8, 4) is 0 Å². The molecular weight excluding hydrogens is 388 g/mol. The van der Waals surface area contributed by atoms with Gasteiger partial charge in [0, 0.05) is 38.3 Å². The highest BCUT2D eigenvalue weighted by molar-refractivity contribution is 6.35. The van der Waals surface area contributed by atoms with Gasteiger partial charge in [0.05, 0.1) is 23.3 Å². The number of amides is 2. The standard InChI is InChI=1S/C21H22N4O5/c1-2-22-9-11-23(12-10-22)19-18(15-5-7-16(8-6-15)25(28)29)20(26)24(21(19)27)14-17-4-3-13-30-17/h3-8,13H,2,9-12,14H2,1H3. The third-order valence-electron chi connectivity index (χ3n) is 5.54. The molecule has 9 heteroatoms. The number of imide groups is 1. The molecule has 9 nitrogen and oxygen atoms in total. The van der Waals surface area contributed by atoms with E-state index in [9.17, 15) is 19.7 Å². The molecule has 0 atom stereocenters. The van der Waals surface area contributed by atoms with Gasteiger partial charge in [-0.3, -0.25) is 24.6 Å². The number of non-ortho nitro benzene ring substituents is 1. The Morgan fingerprint density at radius 3 is 2.30 bits per heavy atom. The molecule has 3 heterocycles. The third-order valence-corrected chi connectivity index (χ3v) is 5.54. The van der Waals surface area contributed by atoms with Crippen molar-refractivity contribution < 1.29 is 18.9 Å². The highest BCUT2D eigenvalue weighted by atomic mass is 16.6. The summed E-state index contributed by atoms with van der Waals surface area (Å²) in [6, 6.07) is 9.17. The van der Waals surface area contributed by atoms with E-state index in [0.717, 1.165) is 19.6 Å². The summed E-state index contributed by atoms with van der Waals surface area (Å²) >= 11 is 0. The number of hydrogen-bond acceptors (Lipinski definition) is 7. The van der Waals surface area contributed by atoms with Gasteiger partial charge in [-0.25, -0.2) is 0 Å². The molecule has 4 rings (SSSR count). The molecule has 0 N–H and O–H groups in total. The van der Waals surface area contributed by atoms with Crippen LogP contribution in [0.2, 0.25) is 0 Å². The first-order valence-electron chi connectivity index (χ1n) is 9.84. The Morgan fingerprint density at radius 1 is 1.03 bits per heavy atom. The van der Waals surface area contributed by atoms with Crippen LogP contribution in [0.5, 0.6) is 0 Å². The molecule has 2 aliphatic rings. The highest BCUT2D eigenvalue weighted by Crippen LogP contribution is 2.33. The fraction of sp³-hybridized carbons (Fsp3) is 0.333.